The maximum Gasteiger partial charge on any atom is 0.194 e. The maximum absolute atomic E-state index is 14.4. The average Bonchev–Trinajstić information content (AvgIpc) is 2.74. The summed E-state index contributed by atoms with van der Waals surface area (Å²) in [6, 6.07) is 8.99. The van der Waals surface area contributed by atoms with Crippen molar-refractivity contribution in [2.45, 2.75) is 45.4 Å². The summed E-state index contributed by atoms with van der Waals surface area (Å²) in [5.41, 5.74) is 1.23. The van der Waals surface area contributed by atoms with Gasteiger partial charge in [-0.1, -0.05) is 37.6 Å². The van der Waals surface area contributed by atoms with Gasteiger partial charge in [-0.3, -0.25) is 0 Å². The molecule has 0 nitrogen and oxygen atoms in total. The molecule has 0 N–H and O–H groups in total. The fourth-order valence-electron chi connectivity index (χ4n) is 3.59. The quantitative estimate of drug-likeness (QED) is 0.193. The molecule has 164 valence electrons. The summed E-state index contributed by atoms with van der Waals surface area (Å²) >= 11 is 0. The summed E-state index contributed by atoms with van der Waals surface area (Å²) in [4.78, 5) is 0. The minimum absolute atomic E-state index is 0.0359. The van der Waals surface area contributed by atoms with Crippen molar-refractivity contribution < 1.29 is 26.3 Å². The van der Waals surface area contributed by atoms with E-state index in [2.05, 4.69) is 0 Å². The van der Waals surface area contributed by atoms with Crippen molar-refractivity contribution in [3.05, 3.63) is 94.1 Å². The molecule has 3 aromatic rings. The highest BCUT2D eigenvalue weighted by molar-refractivity contribution is 5.64. The average molecular weight is 436 g/mol. The molecule has 0 saturated carbocycles. The van der Waals surface area contributed by atoms with E-state index in [1.54, 1.807) is 18.2 Å². The van der Waals surface area contributed by atoms with Crippen molar-refractivity contribution in [2.24, 2.45) is 0 Å². The van der Waals surface area contributed by atoms with Crippen LogP contribution in [0.15, 0.2) is 42.5 Å². The summed E-state index contributed by atoms with van der Waals surface area (Å²) in [6.07, 6.45) is 3.29. The molecule has 3 aromatic carbocycles. The molecule has 3 rings (SSSR count). The summed E-state index contributed by atoms with van der Waals surface area (Å²) in [5.74, 6) is -6.64. The SMILES string of the molecule is CCCc1ccc(CCCCc2ccc(-c3cc(F)c(F)c(F)c3)c(F)c2)c(F)c1F. The Labute approximate surface area is 177 Å². The molecule has 0 atom stereocenters. The summed E-state index contributed by atoms with van der Waals surface area (Å²) < 4.78 is 82.6. The number of hydrogen-bond acceptors (Lipinski definition) is 0. The van der Waals surface area contributed by atoms with Crippen molar-refractivity contribution in [3.8, 4) is 11.1 Å². The molecular formula is C25H22F6. The molecule has 0 aliphatic rings. The zero-order chi connectivity index (χ0) is 22.5. The molecular weight excluding hydrogens is 414 g/mol. The minimum Gasteiger partial charge on any atom is -0.206 e. The van der Waals surface area contributed by atoms with Gasteiger partial charge in [0.1, 0.15) is 5.82 Å². The van der Waals surface area contributed by atoms with Crippen molar-refractivity contribution in [3.63, 3.8) is 0 Å². The van der Waals surface area contributed by atoms with Crippen LogP contribution in [0.25, 0.3) is 11.1 Å². The highest BCUT2D eigenvalue weighted by Crippen LogP contribution is 2.27. The van der Waals surface area contributed by atoms with E-state index >= 15 is 0 Å². The van der Waals surface area contributed by atoms with E-state index in [1.807, 2.05) is 6.92 Å². The maximum atomic E-state index is 14.4. The number of rotatable bonds is 8. The zero-order valence-electron chi connectivity index (χ0n) is 17.1. The highest BCUT2D eigenvalue weighted by Gasteiger charge is 2.15. The van der Waals surface area contributed by atoms with Gasteiger partial charge in [0, 0.05) is 5.56 Å². The lowest BCUT2D eigenvalue weighted by Gasteiger charge is -2.09. The number of hydrogen-bond donors (Lipinski definition) is 0. The lowest BCUT2D eigenvalue weighted by molar-refractivity contribution is 0.447. The molecule has 0 amide bonds. The van der Waals surface area contributed by atoms with Crippen molar-refractivity contribution in [1.82, 2.24) is 0 Å². The molecule has 0 bridgehead atoms. The predicted octanol–water partition coefficient (Wildman–Crippen LogP) is 7.71. The van der Waals surface area contributed by atoms with Gasteiger partial charge in [0.25, 0.3) is 0 Å². The number of aryl methyl sites for hydroxylation is 3. The van der Waals surface area contributed by atoms with Crippen LogP contribution in [0, 0.1) is 34.9 Å². The van der Waals surface area contributed by atoms with Crippen LogP contribution in [-0.4, -0.2) is 0 Å². The van der Waals surface area contributed by atoms with Gasteiger partial charge in [0.2, 0.25) is 0 Å². The van der Waals surface area contributed by atoms with E-state index in [1.165, 1.54) is 12.1 Å². The van der Waals surface area contributed by atoms with E-state index in [0.717, 1.165) is 18.6 Å². The van der Waals surface area contributed by atoms with Gasteiger partial charge < -0.3 is 0 Å². The Balaban J connectivity index is 1.61. The van der Waals surface area contributed by atoms with Crippen LogP contribution >= 0.6 is 0 Å². The molecule has 0 saturated heterocycles. The first-order valence-corrected chi connectivity index (χ1v) is 10.2. The third-order valence-corrected chi connectivity index (χ3v) is 5.25. The Bertz CT molecular complexity index is 1050. The molecule has 0 unspecified atom stereocenters. The van der Waals surface area contributed by atoms with E-state index in [0.29, 0.717) is 48.8 Å². The topological polar surface area (TPSA) is 0 Å². The third kappa shape index (κ3) is 5.30. The van der Waals surface area contributed by atoms with E-state index in [-0.39, 0.29) is 11.1 Å². The van der Waals surface area contributed by atoms with Crippen LogP contribution in [0.2, 0.25) is 0 Å². The Morgan fingerprint density at radius 3 is 1.74 bits per heavy atom. The van der Waals surface area contributed by atoms with Crippen LogP contribution < -0.4 is 0 Å². The van der Waals surface area contributed by atoms with Gasteiger partial charge in [-0.2, -0.15) is 0 Å². The standard InChI is InChI=1S/C25H22F6/c1-2-5-16-9-10-17(24(30)23(16)29)7-4-3-6-15-8-11-19(20(26)12-15)18-13-21(27)25(31)22(28)14-18/h8-14H,2-7H2,1H3. The lowest BCUT2D eigenvalue weighted by Crippen LogP contribution is -2.00. The molecule has 0 aliphatic carbocycles. The summed E-state index contributed by atoms with van der Waals surface area (Å²) in [6.45, 7) is 1.90. The fraction of sp³-hybridized carbons (Fsp3) is 0.280. The van der Waals surface area contributed by atoms with Crippen LogP contribution in [0.3, 0.4) is 0 Å². The first-order valence-electron chi connectivity index (χ1n) is 10.2. The Morgan fingerprint density at radius 1 is 0.581 bits per heavy atom. The van der Waals surface area contributed by atoms with Gasteiger partial charge in [0.05, 0.1) is 0 Å². The number of halogens is 6. The number of benzene rings is 3. The highest BCUT2D eigenvalue weighted by atomic mass is 19.2. The minimum atomic E-state index is -1.60. The van der Waals surface area contributed by atoms with E-state index < -0.39 is 34.9 Å². The zero-order valence-corrected chi connectivity index (χ0v) is 17.1. The molecule has 0 radical (unpaired) electrons. The smallest absolute Gasteiger partial charge is 0.194 e. The van der Waals surface area contributed by atoms with Gasteiger partial charge in [-0.25, -0.2) is 26.3 Å². The van der Waals surface area contributed by atoms with Crippen LogP contribution in [0.5, 0.6) is 0 Å². The second-order valence-electron chi connectivity index (χ2n) is 7.54. The van der Waals surface area contributed by atoms with Crippen molar-refractivity contribution >= 4 is 0 Å². The van der Waals surface area contributed by atoms with Crippen LogP contribution in [0.4, 0.5) is 26.3 Å². The normalized spacial score (nSPS) is 11.2. The summed E-state index contributed by atoms with van der Waals surface area (Å²) in [5, 5.41) is 0. The summed E-state index contributed by atoms with van der Waals surface area (Å²) in [7, 11) is 0. The Morgan fingerprint density at radius 2 is 1.16 bits per heavy atom. The van der Waals surface area contributed by atoms with Gasteiger partial charge in [-0.05, 0) is 72.6 Å². The largest absolute Gasteiger partial charge is 0.206 e. The molecule has 31 heavy (non-hydrogen) atoms. The lowest BCUT2D eigenvalue weighted by atomic mass is 9.98. The number of unbranched alkanes of at least 4 members (excludes halogenated alkanes) is 1. The van der Waals surface area contributed by atoms with Crippen molar-refractivity contribution in [1.29, 1.82) is 0 Å². The Kier molecular flexibility index (Phi) is 7.42. The molecule has 0 aliphatic heterocycles. The molecule has 0 heterocycles. The van der Waals surface area contributed by atoms with Gasteiger partial charge in [0.15, 0.2) is 29.1 Å². The van der Waals surface area contributed by atoms with E-state index in [9.17, 15) is 26.3 Å². The second kappa shape index (κ2) is 10.0. The second-order valence-corrected chi connectivity index (χ2v) is 7.54. The molecule has 0 aromatic heterocycles. The Hall–Kier alpha value is -2.76. The fourth-order valence-corrected chi connectivity index (χ4v) is 3.59. The van der Waals surface area contributed by atoms with Gasteiger partial charge >= 0.3 is 0 Å². The first-order chi connectivity index (χ1) is 14.8. The van der Waals surface area contributed by atoms with Crippen LogP contribution in [-0.2, 0) is 19.3 Å². The predicted molar refractivity (Wildman–Crippen MR) is 109 cm³/mol. The van der Waals surface area contributed by atoms with Gasteiger partial charge in [-0.15, -0.1) is 0 Å². The third-order valence-electron chi connectivity index (χ3n) is 5.25. The molecule has 0 fully saturated rings. The monoisotopic (exact) mass is 436 g/mol. The molecule has 6 heteroatoms. The van der Waals surface area contributed by atoms with Crippen LogP contribution in [0.1, 0.15) is 42.9 Å². The van der Waals surface area contributed by atoms with Crippen molar-refractivity contribution in [2.75, 3.05) is 0 Å². The molecule has 0 spiro atoms. The first kappa shape index (κ1) is 22.9. The van der Waals surface area contributed by atoms with E-state index in [4.69, 9.17) is 0 Å².